The lowest BCUT2D eigenvalue weighted by atomic mass is 10.2. The summed E-state index contributed by atoms with van der Waals surface area (Å²) in [6.45, 7) is 3.12. The number of hydrogen-bond acceptors (Lipinski definition) is 9. The fourth-order valence-corrected chi connectivity index (χ4v) is 5.06. The average Bonchev–Trinajstić information content (AvgIpc) is 3.48. The summed E-state index contributed by atoms with van der Waals surface area (Å²) in [5, 5.41) is 17.8. The largest absolute Gasteiger partial charge is 0.494 e. The van der Waals surface area contributed by atoms with Crippen molar-refractivity contribution in [3.05, 3.63) is 71.8 Å². The standard InChI is InChI=1S/C24H25FN4O6S/c1-14-8-11-20(35-14)24-28-27-21(29(24)22-18(33-3)6-5-7-19(22)34-4)13-36(31,32)15(2)23(30)17-10-9-16(25)12-26-17/h5-12,15,23,30H,13H2,1-4H3/t15-,23+/m0/s1. The number of ether oxygens (including phenoxy) is 2. The molecule has 0 aliphatic heterocycles. The number of aryl methyl sites for hydroxylation is 1. The fraction of sp³-hybridized carbons (Fsp3) is 0.292. The molecular formula is C24H25FN4O6S. The van der Waals surface area contributed by atoms with Crippen molar-refractivity contribution >= 4 is 9.84 Å². The molecule has 0 radical (unpaired) electrons. The van der Waals surface area contributed by atoms with Gasteiger partial charge < -0.3 is 19.0 Å². The average molecular weight is 517 g/mol. The van der Waals surface area contributed by atoms with Crippen LogP contribution < -0.4 is 9.47 Å². The first kappa shape index (κ1) is 25.3. The van der Waals surface area contributed by atoms with Gasteiger partial charge in [-0.25, -0.2) is 12.8 Å². The van der Waals surface area contributed by atoms with Crippen LogP contribution in [0.1, 0.15) is 30.3 Å². The van der Waals surface area contributed by atoms with Gasteiger partial charge in [0.25, 0.3) is 0 Å². The number of aliphatic hydroxyl groups is 1. The third-order valence-electron chi connectivity index (χ3n) is 5.71. The van der Waals surface area contributed by atoms with Crippen LogP contribution in [0, 0.1) is 12.7 Å². The number of pyridine rings is 1. The highest BCUT2D eigenvalue weighted by molar-refractivity contribution is 7.91. The molecule has 3 aromatic heterocycles. The van der Waals surface area contributed by atoms with Crippen LogP contribution >= 0.6 is 0 Å². The van der Waals surface area contributed by atoms with E-state index >= 15 is 0 Å². The van der Waals surface area contributed by atoms with Crippen LogP contribution in [0.2, 0.25) is 0 Å². The molecule has 10 nitrogen and oxygen atoms in total. The van der Waals surface area contributed by atoms with E-state index in [2.05, 4.69) is 15.2 Å². The molecule has 0 spiro atoms. The molecule has 190 valence electrons. The van der Waals surface area contributed by atoms with Crippen molar-refractivity contribution < 1.29 is 31.8 Å². The maximum atomic E-state index is 13.4. The Kier molecular flexibility index (Phi) is 7.09. The van der Waals surface area contributed by atoms with E-state index in [0.717, 1.165) is 12.3 Å². The molecule has 0 bridgehead atoms. The zero-order valence-corrected chi connectivity index (χ0v) is 20.9. The fourth-order valence-electron chi connectivity index (χ4n) is 3.72. The van der Waals surface area contributed by atoms with Gasteiger partial charge in [0.2, 0.25) is 5.82 Å². The molecule has 0 fully saturated rings. The topological polar surface area (TPSA) is 130 Å². The number of rotatable bonds is 9. The molecule has 0 saturated heterocycles. The van der Waals surface area contributed by atoms with Gasteiger partial charge in [0.1, 0.15) is 40.6 Å². The summed E-state index contributed by atoms with van der Waals surface area (Å²) in [6.07, 6.45) is -0.569. The molecule has 0 aliphatic rings. The number of halogens is 1. The van der Waals surface area contributed by atoms with Gasteiger partial charge in [-0.3, -0.25) is 9.55 Å². The molecular weight excluding hydrogens is 491 g/mol. The van der Waals surface area contributed by atoms with E-state index in [9.17, 15) is 17.9 Å². The number of sulfone groups is 1. The second-order valence-corrected chi connectivity index (χ2v) is 10.4. The van der Waals surface area contributed by atoms with Gasteiger partial charge in [0.15, 0.2) is 21.4 Å². The lowest BCUT2D eigenvalue weighted by Gasteiger charge is -2.20. The SMILES string of the molecule is COc1cccc(OC)c1-n1c(CS(=O)(=O)[C@@H](C)[C@@H](O)c2ccc(F)cn2)nnc1-c1ccc(C)o1. The third-order valence-corrected chi connectivity index (χ3v) is 7.76. The Morgan fingerprint density at radius 2 is 1.78 bits per heavy atom. The quantitative estimate of drug-likeness (QED) is 0.356. The van der Waals surface area contributed by atoms with Crippen LogP contribution in [0.15, 0.2) is 53.1 Å². The Labute approximate surface area is 207 Å². The van der Waals surface area contributed by atoms with E-state index in [1.54, 1.807) is 37.3 Å². The van der Waals surface area contributed by atoms with E-state index < -0.39 is 32.8 Å². The Hall–Kier alpha value is -3.77. The number of nitrogens with zero attached hydrogens (tertiary/aromatic N) is 4. The van der Waals surface area contributed by atoms with E-state index in [1.807, 2.05) is 0 Å². The number of aliphatic hydroxyl groups excluding tert-OH is 1. The van der Waals surface area contributed by atoms with Crippen LogP contribution in [0.25, 0.3) is 17.3 Å². The number of furan rings is 1. The van der Waals surface area contributed by atoms with Crippen molar-refractivity contribution in [3.63, 3.8) is 0 Å². The summed E-state index contributed by atoms with van der Waals surface area (Å²) in [5.74, 6) is 0.880. The normalized spacial score (nSPS) is 13.4. The first-order valence-electron chi connectivity index (χ1n) is 10.9. The predicted molar refractivity (Wildman–Crippen MR) is 128 cm³/mol. The second-order valence-electron chi connectivity index (χ2n) is 8.06. The number of benzene rings is 1. The highest BCUT2D eigenvalue weighted by Gasteiger charge is 2.33. The van der Waals surface area contributed by atoms with Crippen molar-refractivity contribution in [2.45, 2.75) is 31.0 Å². The second kappa shape index (κ2) is 10.1. The molecule has 4 aromatic rings. The summed E-state index contributed by atoms with van der Waals surface area (Å²) >= 11 is 0. The Morgan fingerprint density at radius 1 is 1.08 bits per heavy atom. The number of hydrogen-bond donors (Lipinski definition) is 1. The van der Waals surface area contributed by atoms with Gasteiger partial charge in [-0.15, -0.1) is 10.2 Å². The van der Waals surface area contributed by atoms with Crippen LogP contribution in [0.4, 0.5) is 4.39 Å². The maximum Gasteiger partial charge on any atom is 0.204 e. The molecule has 36 heavy (non-hydrogen) atoms. The molecule has 3 heterocycles. The Balaban J connectivity index is 1.81. The van der Waals surface area contributed by atoms with Crippen molar-refractivity contribution in [2.75, 3.05) is 14.2 Å². The monoisotopic (exact) mass is 516 g/mol. The third kappa shape index (κ3) is 4.82. The zero-order chi connectivity index (χ0) is 26.0. The summed E-state index contributed by atoms with van der Waals surface area (Å²) in [6, 6.07) is 10.9. The van der Waals surface area contributed by atoms with Gasteiger partial charge in [-0.05, 0) is 50.2 Å². The minimum atomic E-state index is -4.02. The van der Waals surface area contributed by atoms with E-state index in [4.69, 9.17) is 13.9 Å². The van der Waals surface area contributed by atoms with Crippen molar-refractivity contribution in [3.8, 4) is 28.8 Å². The van der Waals surface area contributed by atoms with Crippen molar-refractivity contribution in [1.29, 1.82) is 0 Å². The van der Waals surface area contributed by atoms with Gasteiger partial charge in [0, 0.05) is 0 Å². The zero-order valence-electron chi connectivity index (χ0n) is 20.0. The maximum absolute atomic E-state index is 13.4. The lowest BCUT2D eigenvalue weighted by molar-refractivity contribution is 0.171. The van der Waals surface area contributed by atoms with Crippen LogP contribution in [-0.4, -0.2) is 52.7 Å². The summed E-state index contributed by atoms with van der Waals surface area (Å²) < 4.78 is 58.3. The molecule has 12 heteroatoms. The minimum absolute atomic E-state index is 0.0343. The van der Waals surface area contributed by atoms with Crippen LogP contribution in [0.3, 0.4) is 0 Å². The van der Waals surface area contributed by atoms with E-state index in [1.165, 1.54) is 31.8 Å². The molecule has 0 unspecified atom stereocenters. The van der Waals surface area contributed by atoms with Crippen molar-refractivity contribution in [2.24, 2.45) is 0 Å². The van der Waals surface area contributed by atoms with E-state index in [0.29, 0.717) is 28.7 Å². The molecule has 0 saturated carbocycles. The Morgan fingerprint density at radius 3 is 2.33 bits per heavy atom. The summed E-state index contributed by atoms with van der Waals surface area (Å²) in [5.41, 5.74) is 0.419. The molecule has 4 rings (SSSR count). The van der Waals surface area contributed by atoms with Gasteiger partial charge in [0.05, 0.1) is 31.4 Å². The number of aromatic nitrogens is 4. The predicted octanol–water partition coefficient (Wildman–Crippen LogP) is 3.42. The Bertz CT molecular complexity index is 1440. The molecule has 0 amide bonds. The van der Waals surface area contributed by atoms with Crippen LogP contribution in [-0.2, 0) is 15.6 Å². The number of para-hydroxylation sites is 1. The van der Waals surface area contributed by atoms with Crippen LogP contribution in [0.5, 0.6) is 11.5 Å². The van der Waals surface area contributed by atoms with Gasteiger partial charge >= 0.3 is 0 Å². The smallest absolute Gasteiger partial charge is 0.204 e. The van der Waals surface area contributed by atoms with Gasteiger partial charge in [-0.1, -0.05) is 6.07 Å². The molecule has 0 aliphatic carbocycles. The molecule has 2 atom stereocenters. The highest BCUT2D eigenvalue weighted by Crippen LogP contribution is 2.37. The van der Waals surface area contributed by atoms with Gasteiger partial charge in [-0.2, -0.15) is 0 Å². The first-order valence-corrected chi connectivity index (χ1v) is 12.6. The first-order chi connectivity index (χ1) is 17.2. The van der Waals surface area contributed by atoms with Crippen molar-refractivity contribution in [1.82, 2.24) is 19.7 Å². The van der Waals surface area contributed by atoms with E-state index in [-0.39, 0.29) is 17.3 Å². The molecule has 1 aromatic carbocycles. The molecule has 1 N–H and O–H groups in total. The highest BCUT2D eigenvalue weighted by atomic mass is 32.2. The summed E-state index contributed by atoms with van der Waals surface area (Å²) in [7, 11) is -1.07. The number of methoxy groups -OCH3 is 2. The minimum Gasteiger partial charge on any atom is -0.494 e. The lowest BCUT2D eigenvalue weighted by Crippen LogP contribution is -2.28. The summed E-state index contributed by atoms with van der Waals surface area (Å²) in [4.78, 5) is 3.81.